The van der Waals surface area contributed by atoms with Crippen molar-refractivity contribution < 1.29 is 28.9 Å². The first-order chi connectivity index (χ1) is 24.6. The fourth-order valence-corrected chi connectivity index (χ4v) is 8.35. The Morgan fingerprint density at radius 3 is 2.13 bits per heavy atom. The Morgan fingerprint density at radius 1 is 0.673 bits per heavy atom. The molecule has 0 amide bonds. The molecule has 0 bridgehead atoms. The molecule has 1 radical (unpaired) electrons. The number of aryl methyl sites for hydroxylation is 3. The minimum Gasteiger partial charge on any atom is -0.500 e. The number of fused-ring (bicyclic) bond motifs is 3. The fraction of sp³-hybridized carbons (Fsp3) is 0.130. The molecule has 0 unspecified atom stereocenters. The molecule has 5 aromatic carbocycles. The maximum absolute atomic E-state index is 13.7. The minimum atomic E-state index is -1.46. The quantitative estimate of drug-likeness (QED) is 0.128. The van der Waals surface area contributed by atoms with Crippen molar-refractivity contribution in [3.8, 4) is 44.8 Å². The summed E-state index contributed by atoms with van der Waals surface area (Å²) in [7, 11) is -1.46. The molecule has 261 valence electrons. The zero-order chi connectivity index (χ0) is 35.7. The molecule has 52 heavy (non-hydrogen) atoms. The molecule has 0 N–H and O–H groups in total. The Morgan fingerprint density at radius 2 is 1.42 bits per heavy atom. The Kier molecular flexibility index (Phi) is 10.8. The molecule has 0 saturated heterocycles. The van der Waals surface area contributed by atoms with Crippen LogP contribution in [0.3, 0.4) is 0 Å². The number of rotatable bonds is 5. The number of nitrogens with zero attached hydrogens (tertiary/aromatic N) is 2. The molecule has 8 aromatic rings. The van der Waals surface area contributed by atoms with E-state index in [0.717, 1.165) is 38.9 Å². The van der Waals surface area contributed by atoms with Crippen LogP contribution in [0.4, 0.5) is 4.39 Å². The molecule has 0 atom stereocenters. The Hall–Kier alpha value is -5.00. The largest absolute Gasteiger partial charge is 0.500 e. The Balaban J connectivity index is 0.000000182. The molecule has 0 fully saturated rings. The van der Waals surface area contributed by atoms with Crippen LogP contribution in [0, 0.1) is 38.7 Å². The smallest absolute Gasteiger partial charge is 0.126 e. The Labute approximate surface area is 320 Å². The van der Waals surface area contributed by atoms with E-state index in [2.05, 4.69) is 124 Å². The van der Waals surface area contributed by atoms with E-state index < -0.39 is 8.07 Å². The van der Waals surface area contributed by atoms with Gasteiger partial charge in [0.2, 0.25) is 0 Å². The van der Waals surface area contributed by atoms with E-state index in [-0.39, 0.29) is 25.9 Å². The van der Waals surface area contributed by atoms with E-state index in [1.54, 1.807) is 6.07 Å². The van der Waals surface area contributed by atoms with Crippen molar-refractivity contribution in [2.45, 2.75) is 40.4 Å². The molecule has 3 nitrogen and oxygen atoms in total. The predicted molar refractivity (Wildman–Crippen MR) is 212 cm³/mol. The van der Waals surface area contributed by atoms with Crippen molar-refractivity contribution in [3.05, 3.63) is 162 Å². The van der Waals surface area contributed by atoms with Crippen LogP contribution in [0.15, 0.2) is 132 Å². The predicted octanol–water partition coefficient (Wildman–Crippen LogP) is 11.9. The third-order valence-corrected chi connectivity index (χ3v) is 11.2. The van der Waals surface area contributed by atoms with Gasteiger partial charge in [-0.15, -0.1) is 54.1 Å². The van der Waals surface area contributed by atoms with Crippen LogP contribution >= 0.6 is 0 Å². The summed E-state index contributed by atoms with van der Waals surface area (Å²) in [5.41, 5.74) is 13.4. The second-order valence-electron chi connectivity index (χ2n) is 14.0. The second kappa shape index (κ2) is 15.3. The van der Waals surface area contributed by atoms with Gasteiger partial charge in [-0.05, 0) is 88.9 Å². The van der Waals surface area contributed by atoms with Gasteiger partial charge in [-0.1, -0.05) is 90.8 Å². The van der Waals surface area contributed by atoms with Crippen molar-refractivity contribution >= 4 is 35.2 Å². The van der Waals surface area contributed by atoms with Crippen LogP contribution in [0.1, 0.15) is 16.7 Å². The summed E-state index contributed by atoms with van der Waals surface area (Å²) in [5.74, 6) is -0.312. The number of aromatic nitrogens is 2. The molecule has 0 spiro atoms. The van der Waals surface area contributed by atoms with Gasteiger partial charge in [0.15, 0.2) is 0 Å². The topological polar surface area (TPSA) is 38.9 Å². The van der Waals surface area contributed by atoms with Gasteiger partial charge in [-0.3, -0.25) is 0 Å². The third kappa shape index (κ3) is 7.61. The summed E-state index contributed by atoms with van der Waals surface area (Å²) in [4.78, 5) is 9.29. The maximum Gasteiger partial charge on any atom is 0.126 e. The van der Waals surface area contributed by atoms with Crippen molar-refractivity contribution in [2.75, 3.05) is 0 Å². The normalized spacial score (nSPS) is 11.2. The molecular weight excluding hydrogens is 836 g/mol. The van der Waals surface area contributed by atoms with E-state index >= 15 is 0 Å². The van der Waals surface area contributed by atoms with Gasteiger partial charge in [-0.2, -0.15) is 0 Å². The van der Waals surface area contributed by atoms with E-state index in [1.165, 1.54) is 50.7 Å². The zero-order valence-electron chi connectivity index (χ0n) is 30.1. The first-order valence-corrected chi connectivity index (χ1v) is 20.7. The molecule has 0 aliphatic carbocycles. The van der Waals surface area contributed by atoms with Gasteiger partial charge in [0, 0.05) is 44.0 Å². The van der Waals surface area contributed by atoms with E-state index in [0.29, 0.717) is 11.2 Å². The van der Waals surface area contributed by atoms with E-state index in [9.17, 15) is 4.39 Å². The first-order valence-electron chi connectivity index (χ1n) is 17.2. The van der Waals surface area contributed by atoms with Gasteiger partial charge in [0.1, 0.15) is 11.4 Å². The SMILES string of the molecule is C[Si](C)(C)c1cnc(-c2[c-]cccc2)cc1-c1ccccc1.Cc1cc(C)c(-c2ccnc(-c3[c-]ccc4c3oc3cc(F)ccc34)c2)c(C)c1.[Ir]. The summed E-state index contributed by atoms with van der Waals surface area (Å²) in [6.45, 7) is 13.5. The molecular formula is C46H39FIrN2OSi-2. The van der Waals surface area contributed by atoms with Crippen LogP contribution in [0.2, 0.25) is 19.6 Å². The molecule has 3 heterocycles. The van der Waals surface area contributed by atoms with Gasteiger partial charge in [0.05, 0.1) is 13.7 Å². The van der Waals surface area contributed by atoms with E-state index in [1.807, 2.05) is 42.6 Å². The van der Waals surface area contributed by atoms with Crippen LogP contribution in [0.25, 0.3) is 66.7 Å². The summed E-state index contributed by atoms with van der Waals surface area (Å²) < 4.78 is 19.7. The third-order valence-electron chi connectivity index (χ3n) is 9.16. The van der Waals surface area contributed by atoms with E-state index in [4.69, 9.17) is 9.40 Å². The van der Waals surface area contributed by atoms with Crippen molar-refractivity contribution in [1.82, 2.24) is 9.97 Å². The van der Waals surface area contributed by atoms with Crippen molar-refractivity contribution in [1.29, 1.82) is 0 Å². The van der Waals surface area contributed by atoms with Gasteiger partial charge >= 0.3 is 0 Å². The number of halogens is 1. The number of hydrogen-bond acceptors (Lipinski definition) is 3. The average molecular weight is 875 g/mol. The van der Waals surface area contributed by atoms with Gasteiger partial charge in [-0.25, -0.2) is 4.39 Å². The van der Waals surface area contributed by atoms with Gasteiger partial charge in [0.25, 0.3) is 0 Å². The van der Waals surface area contributed by atoms with Gasteiger partial charge < -0.3 is 14.4 Å². The summed E-state index contributed by atoms with van der Waals surface area (Å²) >= 11 is 0. The number of hydrogen-bond donors (Lipinski definition) is 0. The average Bonchev–Trinajstić information content (AvgIpc) is 3.49. The number of pyridine rings is 2. The molecule has 8 rings (SSSR count). The van der Waals surface area contributed by atoms with Crippen molar-refractivity contribution in [2.24, 2.45) is 0 Å². The summed E-state index contributed by atoms with van der Waals surface area (Å²) in [6.07, 6.45) is 3.89. The minimum absolute atomic E-state index is 0. The molecule has 0 aliphatic rings. The first kappa shape index (κ1) is 36.8. The molecule has 0 saturated carbocycles. The molecule has 3 aromatic heterocycles. The van der Waals surface area contributed by atoms with Crippen LogP contribution in [0.5, 0.6) is 0 Å². The van der Waals surface area contributed by atoms with Crippen molar-refractivity contribution in [3.63, 3.8) is 0 Å². The van der Waals surface area contributed by atoms with Crippen LogP contribution < -0.4 is 5.19 Å². The monoisotopic (exact) mass is 875 g/mol. The van der Waals surface area contributed by atoms with Crippen LogP contribution in [-0.4, -0.2) is 18.0 Å². The maximum atomic E-state index is 13.7. The standard InChI is InChI=1S/C26H19FNO.C20H20NSi.Ir/c1-15-11-16(2)25(17(3)12-15)18-9-10-28-23(13-18)22-6-4-5-21-20-8-7-19(27)14-24(20)29-26(21)22;1-22(2,3)20-15-21-19(17-12-8-5-9-13-17)14-18(20)16-10-6-4-7-11-16;/h4-5,7-14H,1-3H3;4-12,14-15H,1-3H3;/q2*-1;. The molecule has 0 aliphatic heterocycles. The zero-order valence-corrected chi connectivity index (χ0v) is 33.5. The summed E-state index contributed by atoms with van der Waals surface area (Å²) in [5, 5.41) is 3.22. The van der Waals surface area contributed by atoms with Crippen LogP contribution in [-0.2, 0) is 20.1 Å². The summed E-state index contributed by atoms with van der Waals surface area (Å²) in [6, 6.07) is 44.3. The fourth-order valence-electron chi connectivity index (χ4n) is 6.87. The second-order valence-corrected chi connectivity index (χ2v) is 19.1. The Bertz CT molecular complexity index is 2480. The number of furan rings is 1. The number of benzene rings is 5. The molecule has 6 heteroatoms.